The molecule has 0 heterocycles. The first-order chi connectivity index (χ1) is 9.19. The lowest BCUT2D eigenvalue weighted by Crippen LogP contribution is -2.39. The molecule has 0 amide bonds. The Labute approximate surface area is 121 Å². The summed E-state index contributed by atoms with van der Waals surface area (Å²) in [5.41, 5.74) is 4.94. The lowest BCUT2D eigenvalue weighted by molar-refractivity contribution is -0.144. The van der Waals surface area contributed by atoms with Crippen LogP contribution < -0.4 is 10.5 Å². The molecular weight excluding hydrogens is 311 g/mol. The first-order valence-corrected chi connectivity index (χ1v) is 7.48. The van der Waals surface area contributed by atoms with Crippen molar-refractivity contribution in [2.45, 2.75) is 24.8 Å². The van der Waals surface area contributed by atoms with Gasteiger partial charge in [-0.1, -0.05) is 11.6 Å². The second-order valence-corrected chi connectivity index (χ2v) is 5.99. The Bertz CT molecular complexity index is 621. The Morgan fingerprint density at radius 2 is 2.15 bits per heavy atom. The summed E-state index contributed by atoms with van der Waals surface area (Å²) in [6.07, 6.45) is 0. The van der Waals surface area contributed by atoms with Gasteiger partial charge in [0.15, 0.2) is 0 Å². The summed E-state index contributed by atoms with van der Waals surface area (Å²) in [6, 6.07) is 0.570. The van der Waals surface area contributed by atoms with Crippen LogP contribution in [-0.4, -0.2) is 27.0 Å². The second-order valence-electron chi connectivity index (χ2n) is 3.90. The van der Waals surface area contributed by atoms with E-state index in [4.69, 9.17) is 17.3 Å². The highest BCUT2D eigenvalue weighted by Crippen LogP contribution is 2.26. The van der Waals surface area contributed by atoms with Crippen LogP contribution in [0.5, 0.6) is 0 Å². The second kappa shape index (κ2) is 6.38. The van der Waals surface area contributed by atoms with E-state index in [1.54, 1.807) is 6.92 Å². The number of nitrogens with one attached hydrogen (secondary N) is 1. The zero-order chi connectivity index (χ0) is 15.5. The third kappa shape index (κ3) is 3.81. The van der Waals surface area contributed by atoms with Crippen molar-refractivity contribution in [3.8, 4) is 0 Å². The molecule has 112 valence electrons. The number of carbonyl (C=O) groups is 1. The van der Waals surface area contributed by atoms with Crippen LogP contribution >= 0.6 is 11.6 Å². The first-order valence-electron chi connectivity index (χ1n) is 5.62. The molecule has 0 saturated heterocycles. The van der Waals surface area contributed by atoms with Crippen molar-refractivity contribution in [2.24, 2.45) is 0 Å². The number of hydrogen-bond acceptors (Lipinski definition) is 5. The summed E-state index contributed by atoms with van der Waals surface area (Å²) in [6.45, 7) is 3.03. The van der Waals surface area contributed by atoms with E-state index in [0.717, 1.165) is 12.1 Å². The number of sulfonamides is 1. The van der Waals surface area contributed by atoms with E-state index in [-0.39, 0.29) is 17.3 Å². The number of rotatable bonds is 5. The minimum Gasteiger partial charge on any atom is -0.465 e. The zero-order valence-electron chi connectivity index (χ0n) is 10.8. The number of benzene rings is 1. The van der Waals surface area contributed by atoms with Gasteiger partial charge in [-0.3, -0.25) is 4.79 Å². The molecule has 0 aliphatic carbocycles. The minimum atomic E-state index is -4.12. The topological polar surface area (TPSA) is 98.5 Å². The first kappa shape index (κ1) is 16.7. The molecule has 0 fully saturated rings. The van der Waals surface area contributed by atoms with Gasteiger partial charge in [-0.15, -0.1) is 0 Å². The third-order valence-corrected chi connectivity index (χ3v) is 4.32. The molecule has 1 aromatic rings. The fourth-order valence-electron chi connectivity index (χ4n) is 1.36. The average molecular weight is 325 g/mol. The molecule has 0 aliphatic heterocycles. The fraction of sp³-hybridized carbons (Fsp3) is 0.364. The Kier molecular flexibility index (Phi) is 5.32. The molecule has 0 radical (unpaired) electrons. The largest absolute Gasteiger partial charge is 0.465 e. The van der Waals surface area contributed by atoms with E-state index in [1.165, 1.54) is 6.92 Å². The number of carbonyl (C=O) groups excluding carboxylic acids is 1. The van der Waals surface area contributed by atoms with E-state index in [1.807, 2.05) is 0 Å². The smallest absolute Gasteiger partial charge is 0.323 e. The summed E-state index contributed by atoms with van der Waals surface area (Å²) in [5, 5.41) is -0.333. The number of nitrogens with two attached hydrogens (primary N) is 1. The normalized spacial score (nSPS) is 13.0. The molecular formula is C11H14ClFN2O4S. The molecule has 20 heavy (non-hydrogen) atoms. The maximum atomic E-state index is 13.1. The van der Waals surface area contributed by atoms with Gasteiger partial charge in [-0.05, 0) is 26.0 Å². The summed E-state index contributed by atoms with van der Waals surface area (Å²) in [7, 11) is -4.12. The number of esters is 1. The maximum absolute atomic E-state index is 13.1. The minimum absolute atomic E-state index is 0.120. The molecule has 1 atom stereocenters. The van der Waals surface area contributed by atoms with E-state index in [2.05, 4.69) is 9.46 Å². The number of halogens is 2. The molecule has 1 rings (SSSR count). The Morgan fingerprint density at radius 1 is 1.55 bits per heavy atom. The van der Waals surface area contributed by atoms with E-state index in [0.29, 0.717) is 0 Å². The molecule has 0 spiro atoms. The van der Waals surface area contributed by atoms with Gasteiger partial charge in [0.2, 0.25) is 10.0 Å². The van der Waals surface area contributed by atoms with Crippen molar-refractivity contribution in [3.05, 3.63) is 23.0 Å². The zero-order valence-corrected chi connectivity index (χ0v) is 12.4. The van der Waals surface area contributed by atoms with Gasteiger partial charge in [0.05, 0.1) is 17.3 Å². The Morgan fingerprint density at radius 3 is 2.70 bits per heavy atom. The third-order valence-electron chi connectivity index (χ3n) is 2.31. The van der Waals surface area contributed by atoms with Crippen molar-refractivity contribution >= 4 is 33.3 Å². The molecule has 0 aromatic heterocycles. The van der Waals surface area contributed by atoms with Crippen molar-refractivity contribution in [3.63, 3.8) is 0 Å². The van der Waals surface area contributed by atoms with Gasteiger partial charge in [-0.25, -0.2) is 12.8 Å². The van der Waals surface area contributed by atoms with Crippen LogP contribution in [-0.2, 0) is 19.6 Å². The van der Waals surface area contributed by atoms with E-state index < -0.39 is 32.7 Å². The predicted molar refractivity (Wildman–Crippen MR) is 72.2 cm³/mol. The number of anilines is 1. The fourth-order valence-corrected chi connectivity index (χ4v) is 3.10. The van der Waals surface area contributed by atoms with E-state index in [9.17, 15) is 17.6 Å². The van der Waals surface area contributed by atoms with Crippen LogP contribution in [0.15, 0.2) is 17.0 Å². The van der Waals surface area contributed by atoms with Crippen molar-refractivity contribution in [1.82, 2.24) is 4.72 Å². The molecule has 1 aromatic carbocycles. The molecule has 0 saturated carbocycles. The highest BCUT2D eigenvalue weighted by molar-refractivity contribution is 7.89. The van der Waals surface area contributed by atoms with E-state index >= 15 is 0 Å². The molecule has 0 aliphatic rings. The van der Waals surface area contributed by atoms with Crippen LogP contribution in [0.4, 0.5) is 10.1 Å². The lowest BCUT2D eigenvalue weighted by atomic mass is 10.3. The molecule has 1 unspecified atom stereocenters. The molecule has 9 heteroatoms. The van der Waals surface area contributed by atoms with Crippen LogP contribution in [0.1, 0.15) is 13.8 Å². The van der Waals surface area contributed by atoms with Crippen molar-refractivity contribution in [2.75, 3.05) is 12.3 Å². The summed E-state index contributed by atoms with van der Waals surface area (Å²) in [4.78, 5) is 11.0. The SMILES string of the molecule is CCOC(=O)C(C)NS(=O)(=O)c1cc(N)c(F)cc1Cl. The van der Waals surface area contributed by atoms with Gasteiger partial charge in [0.25, 0.3) is 0 Å². The number of hydrogen-bond donors (Lipinski definition) is 2. The van der Waals surface area contributed by atoms with Gasteiger partial charge in [0, 0.05) is 0 Å². The average Bonchev–Trinajstić information content (AvgIpc) is 2.33. The molecule has 3 N–H and O–H groups in total. The summed E-state index contributed by atoms with van der Waals surface area (Å²) >= 11 is 5.68. The van der Waals surface area contributed by atoms with Crippen LogP contribution in [0.25, 0.3) is 0 Å². The van der Waals surface area contributed by atoms with Crippen LogP contribution in [0, 0.1) is 5.82 Å². The standard InChI is InChI=1S/C11H14ClFN2O4S/c1-3-19-11(16)6(2)15-20(17,18)10-5-9(14)8(13)4-7(10)12/h4-6,15H,3,14H2,1-2H3. The van der Waals surface area contributed by atoms with Gasteiger partial charge in [0.1, 0.15) is 16.8 Å². The molecule has 0 bridgehead atoms. The summed E-state index contributed by atoms with van der Waals surface area (Å²) in [5.74, 6) is -1.56. The number of nitrogen functional groups attached to an aromatic ring is 1. The molecule has 6 nitrogen and oxygen atoms in total. The van der Waals surface area contributed by atoms with Crippen molar-refractivity contribution in [1.29, 1.82) is 0 Å². The quantitative estimate of drug-likeness (QED) is 0.628. The Balaban J connectivity index is 3.06. The van der Waals surface area contributed by atoms with Crippen molar-refractivity contribution < 1.29 is 22.3 Å². The Hall–Kier alpha value is -1.38. The van der Waals surface area contributed by atoms with Gasteiger partial charge < -0.3 is 10.5 Å². The van der Waals surface area contributed by atoms with Gasteiger partial charge >= 0.3 is 5.97 Å². The summed E-state index contributed by atoms with van der Waals surface area (Å²) < 4.78 is 44.0. The van der Waals surface area contributed by atoms with Gasteiger partial charge in [-0.2, -0.15) is 4.72 Å². The number of ether oxygens (including phenoxy) is 1. The van der Waals surface area contributed by atoms with Crippen LogP contribution in [0.3, 0.4) is 0 Å². The highest BCUT2D eigenvalue weighted by atomic mass is 35.5. The maximum Gasteiger partial charge on any atom is 0.323 e. The highest BCUT2D eigenvalue weighted by Gasteiger charge is 2.25. The van der Waals surface area contributed by atoms with Crippen LogP contribution in [0.2, 0.25) is 5.02 Å². The predicted octanol–water partition coefficient (Wildman–Crippen LogP) is 1.29. The monoisotopic (exact) mass is 324 g/mol. The lowest BCUT2D eigenvalue weighted by Gasteiger charge is -2.14.